The number of aromatic nitrogens is 2. The summed E-state index contributed by atoms with van der Waals surface area (Å²) in [5.74, 6) is -0.172. The number of piperazine rings is 1. The molecule has 31 heavy (non-hydrogen) atoms. The number of nitrogens with two attached hydrogens (primary N) is 1. The fraction of sp³-hybridized carbons (Fsp3) is 0.391. The van der Waals surface area contributed by atoms with Gasteiger partial charge in [0, 0.05) is 56.1 Å². The normalized spacial score (nSPS) is 15.5. The molecule has 1 fully saturated rings. The molecule has 1 aliphatic heterocycles. The van der Waals surface area contributed by atoms with Crippen LogP contribution in [0.4, 0.5) is 10.1 Å². The van der Waals surface area contributed by atoms with Crippen molar-refractivity contribution in [3.05, 3.63) is 54.1 Å². The van der Waals surface area contributed by atoms with Gasteiger partial charge in [0.25, 0.3) is 0 Å². The summed E-state index contributed by atoms with van der Waals surface area (Å²) in [7, 11) is 0. The largest absolute Gasteiger partial charge is 0.394 e. The van der Waals surface area contributed by atoms with Crippen molar-refractivity contribution in [2.24, 2.45) is 5.73 Å². The Bertz CT molecular complexity index is 1080. The van der Waals surface area contributed by atoms with Crippen molar-refractivity contribution in [1.82, 2.24) is 14.5 Å². The zero-order valence-corrected chi connectivity index (χ0v) is 17.7. The maximum absolute atomic E-state index is 14.8. The number of aliphatic hydroxyl groups excluding tert-OH is 1. The lowest BCUT2D eigenvalue weighted by atomic mass is 10.0. The van der Waals surface area contributed by atoms with E-state index in [1.54, 1.807) is 22.8 Å². The number of hydrogen-bond acceptors (Lipinski definition) is 5. The average molecular weight is 426 g/mol. The molecule has 164 valence electrons. The van der Waals surface area contributed by atoms with Gasteiger partial charge in [0.15, 0.2) is 0 Å². The van der Waals surface area contributed by atoms with Gasteiger partial charge in [0.1, 0.15) is 5.82 Å². The lowest BCUT2D eigenvalue weighted by molar-refractivity contribution is -0.131. The average Bonchev–Trinajstić information content (AvgIpc) is 3.22. The number of amides is 1. The Labute approximate surface area is 180 Å². The van der Waals surface area contributed by atoms with Gasteiger partial charge in [0.2, 0.25) is 5.91 Å². The summed E-state index contributed by atoms with van der Waals surface area (Å²) in [4.78, 5) is 16.3. The summed E-state index contributed by atoms with van der Waals surface area (Å²) in [6, 6.07) is 8.09. The number of carbonyl (C=O) groups excluding carboxylic acids is 1. The van der Waals surface area contributed by atoms with Crippen LogP contribution in [0.5, 0.6) is 0 Å². The Morgan fingerprint density at radius 3 is 2.68 bits per heavy atom. The van der Waals surface area contributed by atoms with E-state index in [0.29, 0.717) is 30.6 Å². The second kappa shape index (κ2) is 9.03. The summed E-state index contributed by atoms with van der Waals surface area (Å²) < 4.78 is 16.5. The van der Waals surface area contributed by atoms with E-state index in [-0.39, 0.29) is 18.3 Å². The molecule has 0 radical (unpaired) electrons. The summed E-state index contributed by atoms with van der Waals surface area (Å²) in [5.41, 5.74) is 9.44. The third-order valence-corrected chi connectivity index (χ3v) is 5.85. The Kier molecular flexibility index (Phi) is 6.20. The first kappa shape index (κ1) is 21.3. The van der Waals surface area contributed by atoms with E-state index in [2.05, 4.69) is 10.00 Å². The van der Waals surface area contributed by atoms with Crippen molar-refractivity contribution in [3.63, 3.8) is 0 Å². The standard InChI is InChI=1S/C23H28FN5O2/c1-2-3-23(31)28-10-8-27(9-11-28)21-6-7-26-29-14-17(13-22(21)29)18-5-4-16(12-19(18)24)20(25)15-30/h4-7,12-14,20,30H,2-3,8-11,15,25H2,1H3. The molecule has 1 unspecified atom stereocenters. The molecule has 1 aliphatic rings. The SMILES string of the molecule is CCCC(=O)N1CCN(c2ccnn3cc(-c4ccc(C(N)CO)cc4F)cc23)CC1. The molecule has 2 aromatic heterocycles. The highest BCUT2D eigenvalue weighted by molar-refractivity contribution is 5.81. The minimum absolute atomic E-state index is 0.215. The van der Waals surface area contributed by atoms with Crippen molar-refractivity contribution in [2.75, 3.05) is 37.7 Å². The Morgan fingerprint density at radius 1 is 1.23 bits per heavy atom. The van der Waals surface area contributed by atoms with Gasteiger partial charge in [-0.1, -0.05) is 19.1 Å². The van der Waals surface area contributed by atoms with E-state index in [9.17, 15) is 14.3 Å². The minimum Gasteiger partial charge on any atom is -0.394 e. The van der Waals surface area contributed by atoms with Crippen LogP contribution < -0.4 is 10.6 Å². The summed E-state index contributed by atoms with van der Waals surface area (Å²) >= 11 is 0. The van der Waals surface area contributed by atoms with Crippen molar-refractivity contribution in [2.45, 2.75) is 25.8 Å². The molecule has 7 nitrogen and oxygen atoms in total. The van der Waals surface area contributed by atoms with Crippen LogP contribution in [0.1, 0.15) is 31.4 Å². The van der Waals surface area contributed by atoms with Crippen molar-refractivity contribution in [3.8, 4) is 11.1 Å². The van der Waals surface area contributed by atoms with Gasteiger partial charge in [0.05, 0.1) is 23.9 Å². The Morgan fingerprint density at radius 2 is 2.00 bits per heavy atom. The van der Waals surface area contributed by atoms with Gasteiger partial charge in [-0.2, -0.15) is 5.10 Å². The number of hydrogen-bond donors (Lipinski definition) is 2. The van der Waals surface area contributed by atoms with Gasteiger partial charge in [-0.25, -0.2) is 8.91 Å². The molecule has 1 saturated heterocycles. The van der Waals surface area contributed by atoms with Crippen molar-refractivity contribution in [1.29, 1.82) is 0 Å². The molecule has 0 spiro atoms. The maximum Gasteiger partial charge on any atom is 0.222 e. The van der Waals surface area contributed by atoms with Gasteiger partial charge >= 0.3 is 0 Å². The molecular weight excluding hydrogens is 397 g/mol. The number of fused-ring (bicyclic) bond motifs is 1. The number of halogens is 1. The molecule has 1 atom stereocenters. The van der Waals surface area contributed by atoms with E-state index in [4.69, 9.17) is 5.73 Å². The Balaban J connectivity index is 1.59. The van der Waals surface area contributed by atoms with E-state index in [1.165, 1.54) is 6.07 Å². The molecule has 1 aromatic carbocycles. The predicted molar refractivity (Wildman–Crippen MR) is 118 cm³/mol. The molecule has 8 heteroatoms. The first-order valence-electron chi connectivity index (χ1n) is 10.7. The molecular formula is C23H28FN5O2. The van der Waals surface area contributed by atoms with Crippen molar-refractivity contribution < 1.29 is 14.3 Å². The summed E-state index contributed by atoms with van der Waals surface area (Å²) in [5, 5.41) is 13.6. The molecule has 3 heterocycles. The van der Waals surface area contributed by atoms with E-state index in [0.717, 1.165) is 36.3 Å². The Hall–Kier alpha value is -2.97. The van der Waals surface area contributed by atoms with Crippen LogP contribution in [-0.2, 0) is 4.79 Å². The fourth-order valence-electron chi connectivity index (χ4n) is 4.08. The molecule has 1 amide bonds. The first-order chi connectivity index (χ1) is 15.0. The van der Waals surface area contributed by atoms with Crippen LogP contribution in [0.2, 0.25) is 0 Å². The van der Waals surface area contributed by atoms with Crippen LogP contribution in [0.25, 0.3) is 16.6 Å². The molecule has 3 N–H and O–H groups in total. The van der Waals surface area contributed by atoms with E-state index < -0.39 is 6.04 Å². The third-order valence-electron chi connectivity index (χ3n) is 5.85. The highest BCUT2D eigenvalue weighted by Gasteiger charge is 2.22. The van der Waals surface area contributed by atoms with Crippen molar-refractivity contribution >= 4 is 17.1 Å². The number of benzene rings is 1. The van der Waals surface area contributed by atoms with Gasteiger partial charge in [-0.05, 0) is 30.2 Å². The monoisotopic (exact) mass is 425 g/mol. The lowest BCUT2D eigenvalue weighted by Gasteiger charge is -2.36. The van der Waals surface area contributed by atoms with E-state index in [1.807, 2.05) is 30.2 Å². The summed E-state index contributed by atoms with van der Waals surface area (Å²) in [6.45, 7) is 4.67. The number of nitrogens with zero attached hydrogens (tertiary/aromatic N) is 4. The highest BCUT2D eigenvalue weighted by Crippen LogP contribution is 2.31. The van der Waals surface area contributed by atoms with Crippen LogP contribution >= 0.6 is 0 Å². The van der Waals surface area contributed by atoms with Crippen LogP contribution in [0, 0.1) is 5.82 Å². The smallest absolute Gasteiger partial charge is 0.222 e. The van der Waals surface area contributed by atoms with E-state index >= 15 is 0 Å². The molecule has 0 bridgehead atoms. The van der Waals surface area contributed by atoms with Gasteiger partial charge in [-0.15, -0.1) is 0 Å². The number of anilines is 1. The minimum atomic E-state index is -0.604. The molecule has 3 aromatic rings. The first-order valence-corrected chi connectivity index (χ1v) is 10.7. The topological polar surface area (TPSA) is 87.1 Å². The zero-order valence-electron chi connectivity index (χ0n) is 17.7. The number of carbonyl (C=O) groups is 1. The molecule has 0 saturated carbocycles. The van der Waals surface area contributed by atoms with Crippen LogP contribution in [0.15, 0.2) is 42.7 Å². The highest BCUT2D eigenvalue weighted by atomic mass is 19.1. The zero-order chi connectivity index (χ0) is 22.0. The maximum atomic E-state index is 14.8. The second-order valence-corrected chi connectivity index (χ2v) is 7.92. The summed E-state index contributed by atoms with van der Waals surface area (Å²) in [6.07, 6.45) is 5.00. The van der Waals surface area contributed by atoms with Crippen LogP contribution in [0.3, 0.4) is 0 Å². The van der Waals surface area contributed by atoms with Gasteiger partial charge < -0.3 is 20.6 Å². The quantitative estimate of drug-likeness (QED) is 0.634. The lowest BCUT2D eigenvalue weighted by Crippen LogP contribution is -2.48. The van der Waals surface area contributed by atoms with Gasteiger partial charge in [-0.3, -0.25) is 4.79 Å². The predicted octanol–water partition coefficient (Wildman–Crippen LogP) is 2.58. The molecule has 4 rings (SSSR count). The third kappa shape index (κ3) is 4.26. The number of aliphatic hydroxyl groups is 1. The fourth-order valence-corrected chi connectivity index (χ4v) is 4.08. The second-order valence-electron chi connectivity index (χ2n) is 7.92. The van der Waals surface area contributed by atoms with Crippen LogP contribution in [-0.4, -0.2) is 58.3 Å². The number of rotatable bonds is 6. The molecule has 0 aliphatic carbocycles.